The Hall–Kier alpha value is -0.630. The van der Waals surface area contributed by atoms with Gasteiger partial charge in [0.1, 0.15) is 0 Å². The molecule has 0 spiro atoms. The van der Waals surface area contributed by atoms with Crippen LogP contribution in [0.5, 0.6) is 0 Å². The van der Waals surface area contributed by atoms with Gasteiger partial charge in [-0.2, -0.15) is 5.26 Å². The maximum absolute atomic E-state index is 9.06. The van der Waals surface area contributed by atoms with E-state index in [1.807, 2.05) is 0 Å². The molecule has 18 heavy (non-hydrogen) atoms. The fraction of sp³-hybridized carbons (Fsp3) is 0.929. The molecule has 1 rings (SSSR count). The van der Waals surface area contributed by atoms with Crippen molar-refractivity contribution in [2.45, 2.75) is 38.3 Å². The molecule has 4 heteroatoms. The summed E-state index contributed by atoms with van der Waals surface area (Å²) in [6.45, 7) is 8.84. The van der Waals surface area contributed by atoms with Crippen molar-refractivity contribution in [2.24, 2.45) is 0 Å². The van der Waals surface area contributed by atoms with Crippen LogP contribution in [0.25, 0.3) is 0 Å². The van der Waals surface area contributed by atoms with E-state index in [9.17, 15) is 0 Å². The molecule has 104 valence electrons. The van der Waals surface area contributed by atoms with Crippen molar-refractivity contribution in [2.75, 3.05) is 47.3 Å². The summed E-state index contributed by atoms with van der Waals surface area (Å²) in [7, 11) is 6.38. The van der Waals surface area contributed by atoms with E-state index in [4.69, 9.17) is 5.26 Å². The molecule has 1 fully saturated rings. The van der Waals surface area contributed by atoms with E-state index in [-0.39, 0.29) is 5.54 Å². The second kappa shape index (κ2) is 6.51. The number of hydrogen-bond acceptors (Lipinski definition) is 4. The third-order valence-electron chi connectivity index (χ3n) is 3.96. The Morgan fingerprint density at radius 1 is 1.39 bits per heavy atom. The molecule has 0 aromatic heterocycles. The highest BCUT2D eigenvalue weighted by molar-refractivity contribution is 4.95. The molecule has 4 nitrogen and oxygen atoms in total. The lowest BCUT2D eigenvalue weighted by Gasteiger charge is -2.42. The van der Waals surface area contributed by atoms with Gasteiger partial charge in [0, 0.05) is 31.2 Å². The fourth-order valence-corrected chi connectivity index (χ4v) is 2.73. The third-order valence-corrected chi connectivity index (χ3v) is 3.96. The molecule has 0 saturated carbocycles. The zero-order chi connectivity index (χ0) is 13.8. The monoisotopic (exact) mass is 252 g/mol. The Labute approximate surface area is 112 Å². The van der Waals surface area contributed by atoms with Crippen molar-refractivity contribution in [3.05, 3.63) is 0 Å². The standard InChI is InChI=1S/C14H28N4/c1-14(2)7-9-17(5)12-13(6-8-15)18(14)11-10-16(3)4/h13H,6-7,9-12H2,1-5H3. The predicted octanol–water partition coefficient (Wildman–Crippen LogP) is 1.25. The van der Waals surface area contributed by atoms with E-state index >= 15 is 0 Å². The van der Waals surface area contributed by atoms with Crippen molar-refractivity contribution >= 4 is 0 Å². The van der Waals surface area contributed by atoms with E-state index in [1.165, 1.54) is 6.42 Å². The summed E-state index contributed by atoms with van der Waals surface area (Å²) in [6.07, 6.45) is 1.79. The van der Waals surface area contributed by atoms with Gasteiger partial charge in [-0.15, -0.1) is 0 Å². The van der Waals surface area contributed by atoms with Gasteiger partial charge in [0.05, 0.1) is 12.5 Å². The lowest BCUT2D eigenvalue weighted by atomic mass is 9.96. The first-order valence-electron chi connectivity index (χ1n) is 6.84. The molecule has 0 aromatic rings. The van der Waals surface area contributed by atoms with Crippen molar-refractivity contribution < 1.29 is 0 Å². The first-order valence-corrected chi connectivity index (χ1v) is 6.84. The lowest BCUT2D eigenvalue weighted by Crippen LogP contribution is -2.52. The average molecular weight is 252 g/mol. The molecule has 0 N–H and O–H groups in total. The third kappa shape index (κ3) is 4.24. The van der Waals surface area contributed by atoms with Crippen LogP contribution in [0.3, 0.4) is 0 Å². The summed E-state index contributed by atoms with van der Waals surface area (Å²) in [4.78, 5) is 7.12. The predicted molar refractivity (Wildman–Crippen MR) is 75.5 cm³/mol. The van der Waals surface area contributed by atoms with Gasteiger partial charge in [-0.3, -0.25) is 4.90 Å². The van der Waals surface area contributed by atoms with Crippen LogP contribution in [0.1, 0.15) is 26.7 Å². The lowest BCUT2D eigenvalue weighted by molar-refractivity contribution is 0.0696. The van der Waals surface area contributed by atoms with Crippen molar-refractivity contribution in [1.82, 2.24) is 14.7 Å². The van der Waals surface area contributed by atoms with Gasteiger partial charge in [0.25, 0.3) is 0 Å². The first kappa shape index (κ1) is 15.4. The maximum atomic E-state index is 9.06. The number of likely N-dealkylation sites (N-methyl/N-ethyl adjacent to an activating group) is 2. The number of rotatable bonds is 4. The van der Waals surface area contributed by atoms with Crippen LogP contribution < -0.4 is 0 Å². The second-order valence-corrected chi connectivity index (χ2v) is 6.34. The quantitative estimate of drug-likeness (QED) is 0.754. The van der Waals surface area contributed by atoms with Gasteiger partial charge in [0.2, 0.25) is 0 Å². The van der Waals surface area contributed by atoms with Gasteiger partial charge in [-0.05, 0) is 48.0 Å². The summed E-state index contributed by atoms with van der Waals surface area (Å²) in [5.41, 5.74) is 0.183. The Kier molecular flexibility index (Phi) is 5.58. The second-order valence-electron chi connectivity index (χ2n) is 6.34. The van der Waals surface area contributed by atoms with Crippen molar-refractivity contribution in [3.8, 4) is 6.07 Å². The highest BCUT2D eigenvalue weighted by atomic mass is 15.3. The zero-order valence-electron chi connectivity index (χ0n) is 12.6. The highest BCUT2D eigenvalue weighted by Crippen LogP contribution is 2.26. The zero-order valence-corrected chi connectivity index (χ0v) is 12.6. The molecule has 0 bridgehead atoms. The summed E-state index contributed by atoms with van der Waals surface area (Å²) in [5.74, 6) is 0. The topological polar surface area (TPSA) is 33.5 Å². The molecule has 0 aromatic carbocycles. The minimum Gasteiger partial charge on any atom is -0.308 e. The smallest absolute Gasteiger partial charge is 0.0638 e. The molecule has 0 radical (unpaired) electrons. The molecule has 1 unspecified atom stereocenters. The Balaban J connectivity index is 2.82. The molecule has 1 atom stereocenters. The Morgan fingerprint density at radius 3 is 2.61 bits per heavy atom. The average Bonchev–Trinajstić information content (AvgIpc) is 2.35. The minimum atomic E-state index is 0.183. The number of nitrogens with zero attached hydrogens (tertiary/aromatic N) is 4. The van der Waals surface area contributed by atoms with Gasteiger partial charge < -0.3 is 9.80 Å². The van der Waals surface area contributed by atoms with E-state index in [0.29, 0.717) is 12.5 Å². The Morgan fingerprint density at radius 2 is 2.06 bits per heavy atom. The van der Waals surface area contributed by atoms with E-state index < -0.39 is 0 Å². The fourth-order valence-electron chi connectivity index (χ4n) is 2.73. The molecule has 1 aliphatic heterocycles. The van der Waals surface area contributed by atoms with Crippen LogP contribution in [0.15, 0.2) is 0 Å². The van der Waals surface area contributed by atoms with Crippen molar-refractivity contribution in [1.29, 1.82) is 5.26 Å². The molecule has 0 amide bonds. The van der Waals surface area contributed by atoms with Crippen LogP contribution in [0.2, 0.25) is 0 Å². The summed E-state index contributed by atoms with van der Waals surface area (Å²) >= 11 is 0. The van der Waals surface area contributed by atoms with Crippen LogP contribution in [0.4, 0.5) is 0 Å². The minimum absolute atomic E-state index is 0.183. The van der Waals surface area contributed by atoms with Crippen LogP contribution in [-0.4, -0.2) is 73.6 Å². The summed E-state index contributed by atoms with van der Waals surface area (Å²) in [6, 6.07) is 2.72. The van der Waals surface area contributed by atoms with E-state index in [2.05, 4.69) is 55.8 Å². The van der Waals surface area contributed by atoms with Gasteiger partial charge in [-0.1, -0.05) is 0 Å². The van der Waals surface area contributed by atoms with Crippen LogP contribution in [-0.2, 0) is 0 Å². The van der Waals surface area contributed by atoms with Crippen molar-refractivity contribution in [3.63, 3.8) is 0 Å². The van der Waals surface area contributed by atoms with Crippen LogP contribution >= 0.6 is 0 Å². The maximum Gasteiger partial charge on any atom is 0.0638 e. The first-order chi connectivity index (χ1) is 8.36. The molecule has 1 saturated heterocycles. The number of nitriles is 1. The normalized spacial score (nSPS) is 25.9. The Bertz CT molecular complexity index is 293. The van der Waals surface area contributed by atoms with Gasteiger partial charge in [-0.25, -0.2) is 0 Å². The summed E-state index contributed by atoms with van der Waals surface area (Å²) < 4.78 is 0. The molecular formula is C14H28N4. The van der Waals surface area contributed by atoms with Crippen LogP contribution in [0, 0.1) is 11.3 Å². The van der Waals surface area contributed by atoms with E-state index in [1.54, 1.807) is 0 Å². The van der Waals surface area contributed by atoms with Gasteiger partial charge in [0.15, 0.2) is 0 Å². The molecular weight excluding hydrogens is 224 g/mol. The highest BCUT2D eigenvalue weighted by Gasteiger charge is 2.35. The molecule has 0 aliphatic carbocycles. The number of hydrogen-bond donors (Lipinski definition) is 0. The SMILES string of the molecule is CN(C)CCN1C(CC#N)CN(C)CCC1(C)C. The van der Waals surface area contributed by atoms with Gasteiger partial charge >= 0.3 is 0 Å². The molecule has 1 aliphatic rings. The van der Waals surface area contributed by atoms with E-state index in [0.717, 1.165) is 26.2 Å². The molecule has 1 heterocycles. The summed E-state index contributed by atoms with van der Waals surface area (Å²) in [5, 5.41) is 9.06. The largest absolute Gasteiger partial charge is 0.308 e.